The molecule has 150 valence electrons. The Kier molecular flexibility index (Phi) is 5.97. The fraction of sp³-hybridized carbons (Fsp3) is 0.409. The lowest BCUT2D eigenvalue weighted by atomic mass is 9.95. The first-order valence-electron chi connectivity index (χ1n) is 9.25. The summed E-state index contributed by atoms with van der Waals surface area (Å²) in [5, 5.41) is 3.08. The number of hydrogen-bond donors (Lipinski definition) is 1. The van der Waals surface area contributed by atoms with Crippen molar-refractivity contribution in [2.75, 3.05) is 35.0 Å². The molecule has 0 bridgehead atoms. The third-order valence-electron chi connectivity index (χ3n) is 5.29. The minimum absolute atomic E-state index is 0.0148. The molecule has 1 N–H and O–H groups in total. The quantitative estimate of drug-likeness (QED) is 0.718. The van der Waals surface area contributed by atoms with Crippen LogP contribution in [0.5, 0.6) is 23.0 Å². The molecule has 0 heterocycles. The monoisotopic (exact) mass is 385 g/mol. The third-order valence-corrected chi connectivity index (χ3v) is 5.29. The van der Waals surface area contributed by atoms with Crippen LogP contribution in [0.25, 0.3) is 0 Å². The van der Waals surface area contributed by atoms with E-state index in [9.17, 15) is 4.79 Å². The summed E-state index contributed by atoms with van der Waals surface area (Å²) in [5.74, 6) is 2.68. The van der Waals surface area contributed by atoms with Gasteiger partial charge in [-0.25, -0.2) is 0 Å². The van der Waals surface area contributed by atoms with Gasteiger partial charge in [0.2, 0.25) is 5.91 Å². The molecule has 0 spiro atoms. The van der Waals surface area contributed by atoms with Crippen molar-refractivity contribution >= 4 is 5.91 Å². The van der Waals surface area contributed by atoms with Gasteiger partial charge < -0.3 is 24.3 Å². The number of carbonyl (C=O) groups excluding carboxylic acids is 1. The molecule has 2 aromatic carbocycles. The normalized spacial score (nSPS) is 14.1. The summed E-state index contributed by atoms with van der Waals surface area (Å²) in [6.45, 7) is 0.606. The minimum Gasteiger partial charge on any atom is -0.493 e. The van der Waals surface area contributed by atoms with Gasteiger partial charge >= 0.3 is 0 Å². The predicted octanol–water partition coefficient (Wildman–Crippen LogP) is 3.11. The van der Waals surface area contributed by atoms with Crippen molar-refractivity contribution in [1.29, 1.82) is 0 Å². The maximum absolute atomic E-state index is 12.5. The molecule has 1 aliphatic carbocycles. The summed E-state index contributed by atoms with van der Waals surface area (Å²) in [5.41, 5.74) is 2.02. The van der Waals surface area contributed by atoms with Crippen molar-refractivity contribution in [2.45, 2.75) is 24.7 Å². The van der Waals surface area contributed by atoms with E-state index in [-0.39, 0.29) is 11.3 Å². The lowest BCUT2D eigenvalue weighted by Crippen LogP contribution is -2.33. The zero-order valence-electron chi connectivity index (χ0n) is 16.8. The van der Waals surface area contributed by atoms with Gasteiger partial charge in [-0.1, -0.05) is 12.1 Å². The van der Waals surface area contributed by atoms with E-state index in [1.807, 2.05) is 30.3 Å². The van der Waals surface area contributed by atoms with Gasteiger partial charge in [0.05, 0.1) is 34.9 Å². The lowest BCUT2D eigenvalue weighted by Gasteiger charge is -2.19. The van der Waals surface area contributed by atoms with Crippen LogP contribution in [-0.2, 0) is 16.6 Å². The highest BCUT2D eigenvalue weighted by atomic mass is 16.5. The SMILES string of the molecule is COc1ccc(CC(=O)NCC2(c3ccc(OC)c(OC)c3)CC2)cc1OC. The Morgan fingerprint density at radius 1 is 0.857 bits per heavy atom. The molecular formula is C22H27NO5. The first-order chi connectivity index (χ1) is 13.5. The number of benzene rings is 2. The van der Waals surface area contributed by atoms with Gasteiger partial charge in [-0.05, 0) is 48.2 Å². The predicted molar refractivity (Wildman–Crippen MR) is 107 cm³/mol. The minimum atomic E-state index is -0.0210. The second-order valence-electron chi connectivity index (χ2n) is 6.99. The fourth-order valence-corrected chi connectivity index (χ4v) is 3.39. The Labute approximate surface area is 165 Å². The molecule has 0 aromatic heterocycles. The molecule has 0 aliphatic heterocycles. The summed E-state index contributed by atoms with van der Waals surface area (Å²) in [7, 11) is 6.43. The van der Waals surface area contributed by atoms with Crippen LogP contribution in [0.4, 0.5) is 0 Å². The van der Waals surface area contributed by atoms with Crippen molar-refractivity contribution in [1.82, 2.24) is 5.32 Å². The van der Waals surface area contributed by atoms with Crippen molar-refractivity contribution in [3.63, 3.8) is 0 Å². The Balaban J connectivity index is 1.63. The highest BCUT2D eigenvalue weighted by molar-refractivity contribution is 5.79. The molecule has 1 saturated carbocycles. The van der Waals surface area contributed by atoms with Crippen LogP contribution in [0.1, 0.15) is 24.0 Å². The molecule has 1 amide bonds. The number of ether oxygens (including phenoxy) is 4. The average molecular weight is 385 g/mol. The van der Waals surface area contributed by atoms with Crippen LogP contribution in [0, 0.1) is 0 Å². The van der Waals surface area contributed by atoms with E-state index < -0.39 is 0 Å². The van der Waals surface area contributed by atoms with E-state index in [1.54, 1.807) is 28.4 Å². The lowest BCUT2D eigenvalue weighted by molar-refractivity contribution is -0.120. The van der Waals surface area contributed by atoms with Crippen LogP contribution >= 0.6 is 0 Å². The van der Waals surface area contributed by atoms with E-state index in [0.717, 1.165) is 24.0 Å². The maximum Gasteiger partial charge on any atom is 0.224 e. The summed E-state index contributed by atoms with van der Waals surface area (Å²) < 4.78 is 21.3. The number of amides is 1. The molecule has 2 aromatic rings. The molecule has 6 heteroatoms. The first kappa shape index (κ1) is 19.9. The third kappa shape index (κ3) is 4.16. The Morgan fingerprint density at radius 3 is 2.00 bits per heavy atom. The molecule has 0 saturated heterocycles. The van der Waals surface area contributed by atoms with Gasteiger partial charge in [0, 0.05) is 12.0 Å². The molecule has 1 fully saturated rings. The number of rotatable bonds is 9. The summed E-state index contributed by atoms with van der Waals surface area (Å²) >= 11 is 0. The largest absolute Gasteiger partial charge is 0.493 e. The van der Waals surface area contributed by atoms with Gasteiger partial charge in [-0.15, -0.1) is 0 Å². The molecule has 1 aliphatic rings. The van der Waals surface area contributed by atoms with E-state index in [4.69, 9.17) is 18.9 Å². The van der Waals surface area contributed by atoms with Crippen LogP contribution in [-0.4, -0.2) is 40.9 Å². The second kappa shape index (κ2) is 8.42. The summed E-state index contributed by atoms with van der Waals surface area (Å²) in [6, 6.07) is 11.5. The molecule has 6 nitrogen and oxygen atoms in total. The zero-order valence-corrected chi connectivity index (χ0v) is 16.8. The van der Waals surface area contributed by atoms with Crippen LogP contribution in [0.3, 0.4) is 0 Å². The summed E-state index contributed by atoms with van der Waals surface area (Å²) in [4.78, 5) is 12.5. The van der Waals surface area contributed by atoms with Crippen LogP contribution in [0.15, 0.2) is 36.4 Å². The van der Waals surface area contributed by atoms with Gasteiger partial charge in [-0.3, -0.25) is 4.79 Å². The van der Waals surface area contributed by atoms with Crippen molar-refractivity contribution in [2.24, 2.45) is 0 Å². The average Bonchev–Trinajstić information content (AvgIpc) is 3.52. The van der Waals surface area contributed by atoms with Crippen molar-refractivity contribution in [3.05, 3.63) is 47.5 Å². The summed E-state index contributed by atoms with van der Waals surface area (Å²) in [6.07, 6.45) is 2.38. The van der Waals surface area contributed by atoms with E-state index in [0.29, 0.717) is 36.0 Å². The van der Waals surface area contributed by atoms with Crippen LogP contribution < -0.4 is 24.3 Å². The Morgan fingerprint density at radius 2 is 1.43 bits per heavy atom. The first-order valence-corrected chi connectivity index (χ1v) is 9.25. The van der Waals surface area contributed by atoms with Crippen LogP contribution in [0.2, 0.25) is 0 Å². The number of nitrogens with one attached hydrogen (secondary N) is 1. The standard InChI is InChI=1S/C22H27NO5/c1-25-17-7-5-15(11-19(17)27-3)12-21(24)23-14-22(9-10-22)16-6-8-18(26-2)20(13-16)28-4/h5-8,11,13H,9-10,12,14H2,1-4H3,(H,23,24). The van der Waals surface area contributed by atoms with Crippen molar-refractivity contribution in [3.8, 4) is 23.0 Å². The Hall–Kier alpha value is -2.89. The molecule has 28 heavy (non-hydrogen) atoms. The van der Waals surface area contributed by atoms with Gasteiger partial charge in [0.15, 0.2) is 23.0 Å². The smallest absolute Gasteiger partial charge is 0.224 e. The number of hydrogen-bond acceptors (Lipinski definition) is 5. The zero-order chi connectivity index (χ0) is 20.1. The van der Waals surface area contributed by atoms with Gasteiger partial charge in [-0.2, -0.15) is 0 Å². The van der Waals surface area contributed by atoms with E-state index in [2.05, 4.69) is 11.4 Å². The Bertz CT molecular complexity index is 845. The fourth-order valence-electron chi connectivity index (χ4n) is 3.39. The van der Waals surface area contributed by atoms with Crippen molar-refractivity contribution < 1.29 is 23.7 Å². The van der Waals surface area contributed by atoms with Gasteiger partial charge in [0.1, 0.15) is 0 Å². The topological polar surface area (TPSA) is 66.0 Å². The molecule has 0 unspecified atom stereocenters. The molecular weight excluding hydrogens is 358 g/mol. The molecule has 0 atom stereocenters. The van der Waals surface area contributed by atoms with E-state index in [1.165, 1.54) is 0 Å². The second-order valence-corrected chi connectivity index (χ2v) is 6.99. The maximum atomic E-state index is 12.5. The molecule has 0 radical (unpaired) electrons. The molecule has 3 rings (SSSR count). The van der Waals surface area contributed by atoms with E-state index >= 15 is 0 Å². The highest BCUT2D eigenvalue weighted by Crippen LogP contribution is 2.49. The number of methoxy groups -OCH3 is 4. The highest BCUT2D eigenvalue weighted by Gasteiger charge is 2.44. The number of carbonyl (C=O) groups is 1. The van der Waals surface area contributed by atoms with Gasteiger partial charge in [0.25, 0.3) is 0 Å².